The Morgan fingerprint density at radius 1 is 0.962 bits per heavy atom. The number of piperazine rings is 1. The van der Waals surface area contributed by atoms with Crippen molar-refractivity contribution in [3.8, 4) is 28.0 Å². The summed E-state index contributed by atoms with van der Waals surface area (Å²) in [4.78, 5) is 39.2. The Morgan fingerprint density at radius 3 is 2.17 bits per heavy atom. The van der Waals surface area contributed by atoms with Crippen LogP contribution in [0.1, 0.15) is 49.3 Å². The minimum atomic E-state index is -5.08. The minimum absolute atomic E-state index is 0.216. The molecule has 17 heteroatoms. The fourth-order valence-electron chi connectivity index (χ4n) is 5.75. The van der Waals surface area contributed by atoms with Gasteiger partial charge >= 0.3 is 24.6 Å². The second kappa shape index (κ2) is 16.3. The maximum absolute atomic E-state index is 13.4. The van der Waals surface area contributed by atoms with Crippen LogP contribution in [-0.4, -0.2) is 102 Å². The first-order valence-corrected chi connectivity index (χ1v) is 16.4. The van der Waals surface area contributed by atoms with Gasteiger partial charge in [0.05, 0.1) is 6.04 Å². The molecule has 0 spiro atoms. The molecule has 2 aliphatic rings. The summed E-state index contributed by atoms with van der Waals surface area (Å²) >= 11 is 0. The Hall–Kier alpha value is -4.77. The monoisotopic (exact) mass is 741 g/mol. The number of nitrogens with zero attached hydrogens (tertiary/aromatic N) is 3. The standard InChI is InChI=1S/C33H40F3N5O4.C2HF3O2/c1-32(2,3)45-31(43)37-13-12-25-19-38-30(42)29-28(23-10-8-22(9-11-23)20-40-16-14-39(4)15-17-40)27(21-41(25)29)24-6-5-7-26(18-24)44-33(34,35)36;3-2(4,5)1(6)7/h5-11,18,21,25H,12-17,19-20H2,1-4H3,(H,37,43)(H,38,42);(H,6,7)/t25-;/m0./s1. The molecule has 3 aromatic rings. The molecule has 3 heterocycles. The summed E-state index contributed by atoms with van der Waals surface area (Å²) in [7, 11) is 2.12. The first-order valence-electron chi connectivity index (χ1n) is 16.4. The lowest BCUT2D eigenvalue weighted by Gasteiger charge is -2.32. The molecular formula is C35H41F6N5O6. The molecule has 1 atom stereocenters. The Balaban J connectivity index is 0.000000785. The molecule has 0 saturated carbocycles. The van der Waals surface area contributed by atoms with Crippen LogP contribution < -0.4 is 15.4 Å². The van der Waals surface area contributed by atoms with Crippen LogP contribution in [0, 0.1) is 0 Å². The number of rotatable bonds is 8. The number of aromatic nitrogens is 1. The van der Waals surface area contributed by atoms with E-state index in [0.717, 1.165) is 43.9 Å². The third kappa shape index (κ3) is 11.4. The lowest BCUT2D eigenvalue weighted by molar-refractivity contribution is -0.274. The van der Waals surface area contributed by atoms with E-state index in [2.05, 4.69) is 32.2 Å². The summed E-state index contributed by atoms with van der Waals surface area (Å²) in [5, 5.41) is 12.9. The number of halogens is 6. The maximum atomic E-state index is 13.4. The summed E-state index contributed by atoms with van der Waals surface area (Å²) in [5.74, 6) is -3.38. The average Bonchev–Trinajstić information content (AvgIpc) is 3.44. The van der Waals surface area contributed by atoms with Crippen molar-refractivity contribution in [2.75, 3.05) is 46.3 Å². The van der Waals surface area contributed by atoms with Crippen molar-refractivity contribution in [2.45, 2.75) is 57.9 Å². The van der Waals surface area contributed by atoms with Gasteiger partial charge in [-0.15, -0.1) is 13.2 Å². The molecular weight excluding hydrogens is 700 g/mol. The molecule has 2 amide bonds. The molecule has 1 fully saturated rings. The van der Waals surface area contributed by atoms with Crippen LogP contribution in [0.15, 0.2) is 54.7 Å². The number of likely N-dealkylation sites (N-methyl/N-ethyl adjacent to an activating group) is 1. The second-order valence-corrected chi connectivity index (χ2v) is 13.4. The van der Waals surface area contributed by atoms with Gasteiger partial charge in [0, 0.05) is 63.1 Å². The summed E-state index contributed by atoms with van der Waals surface area (Å²) < 4.78 is 82.4. The molecule has 0 radical (unpaired) electrons. The maximum Gasteiger partial charge on any atom is 0.573 e. The number of carbonyl (C=O) groups excluding carboxylic acids is 2. The van der Waals surface area contributed by atoms with Gasteiger partial charge in [-0.2, -0.15) is 13.2 Å². The van der Waals surface area contributed by atoms with Gasteiger partial charge in [-0.3, -0.25) is 9.69 Å². The SMILES string of the molecule is CN1CCN(Cc2ccc(-c3c(-c4cccc(OC(F)(F)F)c4)cn4c3C(=O)NC[C@@H]4CCNC(=O)OC(C)(C)C)cc2)CC1.O=C(O)C(F)(F)F. The predicted octanol–water partition coefficient (Wildman–Crippen LogP) is 6.30. The lowest BCUT2D eigenvalue weighted by Crippen LogP contribution is -2.43. The minimum Gasteiger partial charge on any atom is -0.475 e. The quantitative estimate of drug-likeness (QED) is 0.230. The number of fused-ring (bicyclic) bond motifs is 1. The molecule has 1 saturated heterocycles. The van der Waals surface area contributed by atoms with Crippen LogP contribution in [0.5, 0.6) is 5.75 Å². The van der Waals surface area contributed by atoms with E-state index in [9.17, 15) is 35.9 Å². The van der Waals surface area contributed by atoms with Gasteiger partial charge in [0.25, 0.3) is 5.91 Å². The van der Waals surface area contributed by atoms with Gasteiger partial charge in [-0.05, 0) is 63.1 Å². The highest BCUT2D eigenvalue weighted by atomic mass is 19.4. The number of aliphatic carboxylic acids is 1. The van der Waals surface area contributed by atoms with Crippen LogP contribution in [-0.2, 0) is 16.1 Å². The van der Waals surface area contributed by atoms with Crippen molar-refractivity contribution < 1.29 is 55.3 Å². The average molecular weight is 742 g/mol. The number of benzene rings is 2. The number of amides is 2. The van der Waals surface area contributed by atoms with Gasteiger partial charge in [-0.1, -0.05) is 36.4 Å². The third-order valence-corrected chi connectivity index (χ3v) is 8.15. The van der Waals surface area contributed by atoms with Gasteiger partial charge < -0.3 is 34.7 Å². The van der Waals surface area contributed by atoms with E-state index in [-0.39, 0.29) is 17.7 Å². The number of alkyl carbamates (subject to hydrolysis) is 1. The van der Waals surface area contributed by atoms with Gasteiger partial charge in [-0.25, -0.2) is 9.59 Å². The molecule has 0 aliphatic carbocycles. The van der Waals surface area contributed by atoms with Crippen LogP contribution in [0.25, 0.3) is 22.3 Å². The van der Waals surface area contributed by atoms with E-state index in [1.807, 2.05) is 35.0 Å². The van der Waals surface area contributed by atoms with Crippen molar-refractivity contribution in [2.24, 2.45) is 0 Å². The molecule has 11 nitrogen and oxygen atoms in total. The van der Waals surface area contributed by atoms with Crippen molar-refractivity contribution in [3.05, 3.63) is 66.0 Å². The van der Waals surface area contributed by atoms with Crippen LogP contribution in [0.3, 0.4) is 0 Å². The molecule has 2 aliphatic heterocycles. The molecule has 0 unspecified atom stereocenters. The third-order valence-electron chi connectivity index (χ3n) is 8.15. The van der Waals surface area contributed by atoms with Crippen LogP contribution in [0.2, 0.25) is 0 Å². The molecule has 1 aromatic heterocycles. The summed E-state index contributed by atoms with van der Waals surface area (Å²) in [6.07, 6.45) is -8.16. The van der Waals surface area contributed by atoms with E-state index >= 15 is 0 Å². The zero-order valence-electron chi connectivity index (χ0n) is 29.0. The van der Waals surface area contributed by atoms with E-state index in [4.69, 9.17) is 14.6 Å². The number of ether oxygens (including phenoxy) is 2. The predicted molar refractivity (Wildman–Crippen MR) is 179 cm³/mol. The largest absolute Gasteiger partial charge is 0.573 e. The highest BCUT2D eigenvalue weighted by Gasteiger charge is 2.38. The summed E-state index contributed by atoms with van der Waals surface area (Å²) in [6.45, 7) is 10.8. The number of hydrogen-bond donors (Lipinski definition) is 3. The Labute approximate surface area is 296 Å². The highest BCUT2D eigenvalue weighted by molar-refractivity contribution is 6.05. The number of hydrogen-bond acceptors (Lipinski definition) is 7. The van der Waals surface area contributed by atoms with Gasteiger partial charge in [0.15, 0.2) is 0 Å². The molecule has 284 valence electrons. The highest BCUT2D eigenvalue weighted by Crippen LogP contribution is 2.41. The number of nitrogens with one attached hydrogen (secondary N) is 2. The number of carboxylic acid groups (broad SMARTS) is 1. The van der Waals surface area contributed by atoms with E-state index in [0.29, 0.717) is 41.9 Å². The first-order chi connectivity index (χ1) is 24.2. The fraction of sp³-hybridized carbons (Fsp3) is 0.457. The van der Waals surface area contributed by atoms with Crippen molar-refractivity contribution in [1.82, 2.24) is 25.0 Å². The number of carbonyl (C=O) groups is 3. The summed E-state index contributed by atoms with van der Waals surface area (Å²) in [6, 6.07) is 13.6. The smallest absolute Gasteiger partial charge is 0.475 e. The molecule has 2 aromatic carbocycles. The van der Waals surface area contributed by atoms with Crippen molar-refractivity contribution in [3.63, 3.8) is 0 Å². The molecule has 3 N–H and O–H groups in total. The van der Waals surface area contributed by atoms with E-state index in [1.54, 1.807) is 26.8 Å². The van der Waals surface area contributed by atoms with Gasteiger partial charge in [0.1, 0.15) is 17.0 Å². The van der Waals surface area contributed by atoms with Crippen molar-refractivity contribution >= 4 is 18.0 Å². The van der Waals surface area contributed by atoms with Crippen LogP contribution in [0.4, 0.5) is 31.1 Å². The normalized spacial score (nSPS) is 17.0. The van der Waals surface area contributed by atoms with E-state index in [1.165, 1.54) is 18.2 Å². The fourth-order valence-corrected chi connectivity index (χ4v) is 5.75. The Kier molecular flexibility index (Phi) is 12.5. The number of alkyl halides is 6. The zero-order valence-corrected chi connectivity index (χ0v) is 29.0. The first kappa shape index (κ1) is 40.0. The number of carboxylic acids is 1. The molecule has 0 bridgehead atoms. The van der Waals surface area contributed by atoms with Crippen LogP contribution >= 0.6 is 0 Å². The van der Waals surface area contributed by atoms with E-state index < -0.39 is 30.2 Å². The van der Waals surface area contributed by atoms with Crippen molar-refractivity contribution in [1.29, 1.82) is 0 Å². The second-order valence-electron chi connectivity index (χ2n) is 13.4. The lowest BCUT2D eigenvalue weighted by atomic mass is 9.95. The van der Waals surface area contributed by atoms with Gasteiger partial charge in [0.2, 0.25) is 0 Å². The molecule has 5 rings (SSSR count). The summed E-state index contributed by atoms with van der Waals surface area (Å²) in [5.41, 5.74) is 3.38. The Morgan fingerprint density at radius 2 is 1.60 bits per heavy atom. The Bertz CT molecular complexity index is 1710. The topological polar surface area (TPSA) is 125 Å². The molecule has 52 heavy (non-hydrogen) atoms. The zero-order chi connectivity index (χ0) is 38.4.